The van der Waals surface area contributed by atoms with E-state index in [1.807, 2.05) is 0 Å². The number of aromatic nitrogens is 1. The Morgan fingerprint density at radius 1 is 1.06 bits per heavy atom. The van der Waals surface area contributed by atoms with Gasteiger partial charge in [0.1, 0.15) is 23.6 Å². The minimum atomic E-state index is -1.49. The number of rotatable bonds is 2. The van der Waals surface area contributed by atoms with Crippen LogP contribution in [0.5, 0.6) is 0 Å². The van der Waals surface area contributed by atoms with E-state index in [2.05, 4.69) is 4.98 Å². The Kier molecular flexibility index (Phi) is 3.34. The molecular formula is C13H10F3NO. The van der Waals surface area contributed by atoms with Crippen molar-refractivity contribution in [3.05, 3.63) is 64.7 Å². The number of benzene rings is 1. The van der Waals surface area contributed by atoms with Crippen molar-refractivity contribution in [2.45, 2.75) is 13.0 Å². The van der Waals surface area contributed by atoms with Gasteiger partial charge in [-0.25, -0.2) is 13.2 Å². The third-order valence-corrected chi connectivity index (χ3v) is 2.67. The molecule has 0 saturated carbocycles. The summed E-state index contributed by atoms with van der Waals surface area (Å²) in [6, 6.07) is 3.08. The highest BCUT2D eigenvalue weighted by molar-refractivity contribution is 5.33. The molecule has 0 radical (unpaired) electrons. The van der Waals surface area contributed by atoms with Crippen LogP contribution in [0.4, 0.5) is 13.2 Å². The fourth-order valence-electron chi connectivity index (χ4n) is 1.66. The van der Waals surface area contributed by atoms with Gasteiger partial charge >= 0.3 is 0 Å². The Bertz CT molecular complexity index is 586. The fraction of sp³-hybridized carbons (Fsp3) is 0.154. The first kappa shape index (κ1) is 12.6. The van der Waals surface area contributed by atoms with E-state index in [0.29, 0.717) is 6.07 Å². The summed E-state index contributed by atoms with van der Waals surface area (Å²) in [6.07, 6.45) is 0.718. The smallest absolute Gasteiger partial charge is 0.147 e. The Morgan fingerprint density at radius 2 is 1.78 bits per heavy atom. The van der Waals surface area contributed by atoms with E-state index in [4.69, 9.17) is 0 Å². The van der Waals surface area contributed by atoms with E-state index in [1.165, 1.54) is 19.2 Å². The number of pyridine rings is 1. The molecule has 94 valence electrons. The second-order valence-corrected chi connectivity index (χ2v) is 3.92. The molecule has 0 saturated heterocycles. The van der Waals surface area contributed by atoms with Gasteiger partial charge < -0.3 is 5.11 Å². The van der Waals surface area contributed by atoms with Crippen LogP contribution >= 0.6 is 0 Å². The molecule has 1 N–H and O–H groups in total. The second-order valence-electron chi connectivity index (χ2n) is 3.92. The highest BCUT2D eigenvalue weighted by Gasteiger charge is 2.19. The van der Waals surface area contributed by atoms with Crippen molar-refractivity contribution in [1.82, 2.24) is 4.98 Å². The second kappa shape index (κ2) is 4.78. The van der Waals surface area contributed by atoms with E-state index in [-0.39, 0.29) is 16.7 Å². The van der Waals surface area contributed by atoms with Crippen LogP contribution in [0.3, 0.4) is 0 Å². The van der Waals surface area contributed by atoms with Crippen LogP contribution in [-0.2, 0) is 0 Å². The van der Waals surface area contributed by atoms with Crippen molar-refractivity contribution in [3.63, 3.8) is 0 Å². The Hall–Kier alpha value is -1.88. The largest absolute Gasteiger partial charge is 0.383 e. The molecule has 1 aromatic carbocycles. The standard InChI is InChI=1S/C13H10F3NO/c1-7-4-9(11(15)5-10(7)14)13(18)8-2-3-17-6-12(8)16/h2-6,13,18H,1H3. The number of nitrogens with zero attached hydrogens (tertiary/aromatic N) is 1. The van der Waals surface area contributed by atoms with Gasteiger partial charge in [-0.05, 0) is 24.6 Å². The van der Waals surface area contributed by atoms with Crippen molar-refractivity contribution >= 4 is 0 Å². The monoisotopic (exact) mass is 253 g/mol. The van der Waals surface area contributed by atoms with Gasteiger partial charge in [-0.2, -0.15) is 0 Å². The maximum atomic E-state index is 13.6. The van der Waals surface area contributed by atoms with Gasteiger partial charge in [0.15, 0.2) is 0 Å². The molecule has 0 fully saturated rings. The highest BCUT2D eigenvalue weighted by atomic mass is 19.1. The molecule has 0 spiro atoms. The average Bonchev–Trinajstić information content (AvgIpc) is 2.33. The van der Waals surface area contributed by atoms with Crippen molar-refractivity contribution in [2.75, 3.05) is 0 Å². The van der Waals surface area contributed by atoms with Gasteiger partial charge in [0.25, 0.3) is 0 Å². The summed E-state index contributed by atoms with van der Waals surface area (Å²) in [7, 11) is 0. The zero-order chi connectivity index (χ0) is 13.3. The molecule has 0 amide bonds. The van der Waals surface area contributed by atoms with Gasteiger partial charge in [-0.1, -0.05) is 0 Å². The molecule has 0 bridgehead atoms. The first-order valence-corrected chi connectivity index (χ1v) is 5.23. The molecular weight excluding hydrogens is 243 g/mol. The molecule has 1 heterocycles. The zero-order valence-corrected chi connectivity index (χ0v) is 9.49. The van der Waals surface area contributed by atoms with Gasteiger partial charge in [-0.15, -0.1) is 0 Å². The molecule has 18 heavy (non-hydrogen) atoms. The predicted molar refractivity (Wildman–Crippen MR) is 59.4 cm³/mol. The van der Waals surface area contributed by atoms with E-state index in [0.717, 1.165) is 12.3 Å². The normalized spacial score (nSPS) is 12.5. The van der Waals surface area contributed by atoms with E-state index < -0.39 is 23.6 Å². The van der Waals surface area contributed by atoms with E-state index in [1.54, 1.807) is 0 Å². The first-order chi connectivity index (χ1) is 8.50. The number of aliphatic hydroxyl groups excluding tert-OH is 1. The number of hydrogen-bond donors (Lipinski definition) is 1. The molecule has 2 aromatic rings. The third-order valence-electron chi connectivity index (χ3n) is 2.67. The maximum absolute atomic E-state index is 13.6. The lowest BCUT2D eigenvalue weighted by Crippen LogP contribution is -2.06. The molecule has 0 aliphatic carbocycles. The maximum Gasteiger partial charge on any atom is 0.147 e. The number of aliphatic hydroxyl groups is 1. The Balaban J connectivity index is 2.50. The SMILES string of the molecule is Cc1cc(C(O)c2ccncc2F)c(F)cc1F. The molecule has 1 atom stereocenters. The molecule has 0 aliphatic rings. The van der Waals surface area contributed by atoms with Crippen molar-refractivity contribution in [1.29, 1.82) is 0 Å². The van der Waals surface area contributed by atoms with E-state index in [9.17, 15) is 18.3 Å². The lowest BCUT2D eigenvalue weighted by molar-refractivity contribution is 0.209. The summed E-state index contributed by atoms with van der Waals surface area (Å²) in [5, 5.41) is 9.94. The van der Waals surface area contributed by atoms with Crippen LogP contribution in [-0.4, -0.2) is 10.1 Å². The van der Waals surface area contributed by atoms with Crippen LogP contribution in [0.25, 0.3) is 0 Å². The first-order valence-electron chi connectivity index (χ1n) is 5.23. The van der Waals surface area contributed by atoms with Crippen LogP contribution in [0.1, 0.15) is 22.8 Å². The Morgan fingerprint density at radius 3 is 2.44 bits per heavy atom. The van der Waals surface area contributed by atoms with Gasteiger partial charge in [0.05, 0.1) is 6.20 Å². The summed E-state index contributed by atoms with van der Waals surface area (Å²) in [5.74, 6) is -2.37. The lowest BCUT2D eigenvalue weighted by atomic mass is 9.99. The predicted octanol–water partition coefficient (Wildman–Crippen LogP) is 2.89. The molecule has 1 unspecified atom stereocenters. The molecule has 5 heteroatoms. The van der Waals surface area contributed by atoms with E-state index >= 15 is 0 Å². The minimum absolute atomic E-state index is 0.102. The summed E-state index contributed by atoms with van der Waals surface area (Å²) in [5.41, 5.74) is -0.0891. The van der Waals surface area contributed by atoms with Crippen LogP contribution in [0.2, 0.25) is 0 Å². The minimum Gasteiger partial charge on any atom is -0.383 e. The molecule has 2 rings (SSSR count). The van der Waals surface area contributed by atoms with Crippen LogP contribution < -0.4 is 0 Å². The Labute approximate surface area is 102 Å². The van der Waals surface area contributed by atoms with Gasteiger partial charge in [0.2, 0.25) is 0 Å². The summed E-state index contributed by atoms with van der Waals surface area (Å²) >= 11 is 0. The van der Waals surface area contributed by atoms with Gasteiger partial charge in [0, 0.05) is 23.4 Å². The number of aryl methyl sites for hydroxylation is 1. The summed E-state index contributed by atoms with van der Waals surface area (Å²) in [6.45, 7) is 1.44. The summed E-state index contributed by atoms with van der Waals surface area (Å²) in [4.78, 5) is 3.54. The molecule has 2 nitrogen and oxygen atoms in total. The summed E-state index contributed by atoms with van der Waals surface area (Å²) < 4.78 is 40.1. The average molecular weight is 253 g/mol. The molecule has 1 aromatic heterocycles. The van der Waals surface area contributed by atoms with Crippen molar-refractivity contribution in [2.24, 2.45) is 0 Å². The lowest BCUT2D eigenvalue weighted by Gasteiger charge is -2.14. The van der Waals surface area contributed by atoms with Crippen molar-refractivity contribution < 1.29 is 18.3 Å². The molecule has 0 aliphatic heterocycles. The number of hydrogen-bond acceptors (Lipinski definition) is 2. The quantitative estimate of drug-likeness (QED) is 0.892. The highest BCUT2D eigenvalue weighted by Crippen LogP contribution is 2.27. The van der Waals surface area contributed by atoms with Gasteiger partial charge in [-0.3, -0.25) is 4.98 Å². The number of halogens is 3. The van der Waals surface area contributed by atoms with Crippen molar-refractivity contribution in [3.8, 4) is 0 Å². The van der Waals surface area contributed by atoms with Crippen LogP contribution in [0, 0.1) is 24.4 Å². The fourth-order valence-corrected chi connectivity index (χ4v) is 1.66. The zero-order valence-electron chi connectivity index (χ0n) is 9.49. The van der Waals surface area contributed by atoms with Crippen LogP contribution in [0.15, 0.2) is 30.6 Å². The third kappa shape index (κ3) is 2.22. The topological polar surface area (TPSA) is 33.1 Å².